The van der Waals surface area contributed by atoms with Crippen LogP contribution in [0.25, 0.3) is 0 Å². The van der Waals surface area contributed by atoms with Crippen LogP contribution in [0.1, 0.15) is 5.56 Å². The lowest BCUT2D eigenvalue weighted by atomic mass is 10.1. The molecule has 0 atom stereocenters. The molecule has 116 valence electrons. The van der Waals surface area contributed by atoms with Crippen LogP contribution in [-0.4, -0.2) is 26.7 Å². The van der Waals surface area contributed by atoms with E-state index in [9.17, 15) is 0 Å². The van der Waals surface area contributed by atoms with E-state index in [1.54, 1.807) is 14.2 Å². The van der Waals surface area contributed by atoms with Crippen molar-refractivity contribution < 1.29 is 9.47 Å². The summed E-state index contributed by atoms with van der Waals surface area (Å²) in [7, 11) is 3.30. The van der Waals surface area contributed by atoms with Crippen LogP contribution in [0.4, 0.5) is 5.69 Å². The molecule has 0 amide bonds. The van der Waals surface area contributed by atoms with Crippen molar-refractivity contribution >= 4 is 11.6 Å². The SMILES string of the molecule is COc1ccc(NC(N)=NCCc2ccccc2OC)cc1. The summed E-state index contributed by atoms with van der Waals surface area (Å²) in [4.78, 5) is 4.33. The second-order valence-corrected chi connectivity index (χ2v) is 4.68. The van der Waals surface area contributed by atoms with Crippen molar-refractivity contribution in [3.05, 3.63) is 54.1 Å². The van der Waals surface area contributed by atoms with Crippen molar-refractivity contribution in [2.24, 2.45) is 10.7 Å². The van der Waals surface area contributed by atoms with E-state index in [4.69, 9.17) is 15.2 Å². The number of methoxy groups -OCH3 is 2. The molecule has 0 fully saturated rings. The quantitative estimate of drug-likeness (QED) is 0.635. The molecule has 0 heterocycles. The number of anilines is 1. The Hall–Kier alpha value is -2.69. The van der Waals surface area contributed by atoms with Gasteiger partial charge in [-0.2, -0.15) is 0 Å². The lowest BCUT2D eigenvalue weighted by Crippen LogP contribution is -2.23. The minimum absolute atomic E-state index is 0.389. The van der Waals surface area contributed by atoms with Gasteiger partial charge in [-0.3, -0.25) is 4.99 Å². The van der Waals surface area contributed by atoms with Crippen LogP contribution in [-0.2, 0) is 6.42 Å². The van der Waals surface area contributed by atoms with Gasteiger partial charge in [0, 0.05) is 12.2 Å². The van der Waals surface area contributed by atoms with E-state index in [2.05, 4.69) is 10.3 Å². The summed E-state index contributed by atoms with van der Waals surface area (Å²) in [6.07, 6.45) is 0.773. The summed E-state index contributed by atoms with van der Waals surface area (Å²) in [5.74, 6) is 2.07. The number of nitrogens with one attached hydrogen (secondary N) is 1. The average Bonchev–Trinajstić information content (AvgIpc) is 2.56. The van der Waals surface area contributed by atoms with E-state index in [0.29, 0.717) is 12.5 Å². The van der Waals surface area contributed by atoms with Crippen LogP contribution in [0.3, 0.4) is 0 Å². The number of ether oxygens (including phenoxy) is 2. The van der Waals surface area contributed by atoms with Crippen LogP contribution in [0, 0.1) is 0 Å². The highest BCUT2D eigenvalue weighted by Crippen LogP contribution is 2.18. The molecule has 2 aromatic rings. The highest BCUT2D eigenvalue weighted by Gasteiger charge is 2.01. The second-order valence-electron chi connectivity index (χ2n) is 4.68. The molecule has 0 aromatic heterocycles. The van der Waals surface area contributed by atoms with Gasteiger partial charge in [-0.25, -0.2) is 0 Å². The van der Waals surface area contributed by atoms with Gasteiger partial charge in [0.25, 0.3) is 0 Å². The number of para-hydroxylation sites is 1. The van der Waals surface area contributed by atoms with Gasteiger partial charge in [-0.1, -0.05) is 18.2 Å². The van der Waals surface area contributed by atoms with Gasteiger partial charge in [-0.15, -0.1) is 0 Å². The zero-order valence-electron chi connectivity index (χ0n) is 12.9. The van der Waals surface area contributed by atoms with Crippen molar-refractivity contribution in [3.63, 3.8) is 0 Å². The van der Waals surface area contributed by atoms with E-state index in [1.165, 1.54) is 0 Å². The number of guanidine groups is 1. The van der Waals surface area contributed by atoms with E-state index >= 15 is 0 Å². The Morgan fingerprint density at radius 1 is 1.05 bits per heavy atom. The van der Waals surface area contributed by atoms with Gasteiger partial charge in [-0.05, 0) is 42.3 Å². The third-order valence-electron chi connectivity index (χ3n) is 3.22. The van der Waals surface area contributed by atoms with Crippen LogP contribution < -0.4 is 20.5 Å². The number of rotatable bonds is 6. The first-order valence-corrected chi connectivity index (χ1v) is 7.06. The Morgan fingerprint density at radius 3 is 2.45 bits per heavy atom. The normalized spacial score (nSPS) is 11.1. The molecule has 0 radical (unpaired) electrons. The minimum atomic E-state index is 0.389. The summed E-state index contributed by atoms with van der Waals surface area (Å²) >= 11 is 0. The molecule has 5 heteroatoms. The van der Waals surface area contributed by atoms with E-state index in [-0.39, 0.29) is 0 Å². The standard InChI is InChI=1S/C17H21N3O2/c1-21-15-9-7-14(8-10-15)20-17(18)19-12-11-13-5-3-4-6-16(13)22-2/h3-10H,11-12H2,1-2H3,(H3,18,19,20). The number of hydrogen-bond acceptors (Lipinski definition) is 3. The first-order valence-electron chi connectivity index (χ1n) is 7.06. The van der Waals surface area contributed by atoms with Gasteiger partial charge in [0.1, 0.15) is 11.5 Å². The molecule has 0 bridgehead atoms. The van der Waals surface area contributed by atoms with Crippen molar-refractivity contribution in [2.75, 3.05) is 26.1 Å². The number of hydrogen-bond donors (Lipinski definition) is 2. The van der Waals surface area contributed by atoms with Crippen molar-refractivity contribution in [1.82, 2.24) is 0 Å². The number of benzene rings is 2. The first-order chi connectivity index (χ1) is 10.7. The number of nitrogens with zero attached hydrogens (tertiary/aromatic N) is 1. The second kappa shape index (κ2) is 7.93. The zero-order valence-corrected chi connectivity index (χ0v) is 12.9. The smallest absolute Gasteiger partial charge is 0.193 e. The van der Waals surface area contributed by atoms with Gasteiger partial charge < -0.3 is 20.5 Å². The van der Waals surface area contributed by atoms with Crippen molar-refractivity contribution in [1.29, 1.82) is 0 Å². The minimum Gasteiger partial charge on any atom is -0.497 e. The maximum atomic E-state index is 5.89. The highest BCUT2D eigenvalue weighted by molar-refractivity contribution is 5.92. The van der Waals surface area contributed by atoms with E-state index in [1.807, 2.05) is 48.5 Å². The van der Waals surface area contributed by atoms with Crippen molar-refractivity contribution in [3.8, 4) is 11.5 Å². The molecular formula is C17H21N3O2. The molecular weight excluding hydrogens is 278 g/mol. The largest absolute Gasteiger partial charge is 0.497 e. The summed E-state index contributed by atoms with van der Waals surface area (Å²) in [5.41, 5.74) is 7.88. The molecule has 0 saturated heterocycles. The lowest BCUT2D eigenvalue weighted by Gasteiger charge is -2.08. The summed E-state index contributed by atoms with van der Waals surface area (Å²) in [6, 6.07) is 15.4. The molecule has 5 nitrogen and oxygen atoms in total. The maximum Gasteiger partial charge on any atom is 0.193 e. The van der Waals surface area contributed by atoms with Crippen LogP contribution in [0.2, 0.25) is 0 Å². The molecule has 0 saturated carbocycles. The Kier molecular flexibility index (Phi) is 5.65. The fourth-order valence-electron chi connectivity index (χ4n) is 2.07. The number of nitrogens with two attached hydrogens (primary N) is 1. The molecule has 0 aliphatic rings. The number of aliphatic imine (C=N–C) groups is 1. The van der Waals surface area contributed by atoms with E-state index < -0.39 is 0 Å². The first kappa shape index (κ1) is 15.7. The lowest BCUT2D eigenvalue weighted by molar-refractivity contribution is 0.410. The third kappa shape index (κ3) is 4.41. The molecule has 0 aliphatic carbocycles. The predicted molar refractivity (Wildman–Crippen MR) is 89.8 cm³/mol. The average molecular weight is 299 g/mol. The predicted octanol–water partition coefficient (Wildman–Crippen LogP) is 2.67. The molecule has 3 N–H and O–H groups in total. The van der Waals surface area contributed by atoms with Crippen LogP contribution in [0.5, 0.6) is 11.5 Å². The highest BCUT2D eigenvalue weighted by atomic mass is 16.5. The van der Waals surface area contributed by atoms with Crippen molar-refractivity contribution in [2.45, 2.75) is 6.42 Å². The Bertz CT molecular complexity index is 624. The molecule has 2 aromatic carbocycles. The zero-order chi connectivity index (χ0) is 15.8. The maximum absolute atomic E-state index is 5.89. The fourth-order valence-corrected chi connectivity index (χ4v) is 2.07. The van der Waals surface area contributed by atoms with E-state index in [0.717, 1.165) is 29.2 Å². The molecule has 0 unspecified atom stereocenters. The third-order valence-corrected chi connectivity index (χ3v) is 3.22. The van der Waals surface area contributed by atoms with Crippen LogP contribution in [0.15, 0.2) is 53.5 Å². The van der Waals surface area contributed by atoms with Gasteiger partial charge in [0.05, 0.1) is 14.2 Å². The Labute approximate surface area is 130 Å². The molecule has 2 rings (SSSR count). The monoisotopic (exact) mass is 299 g/mol. The molecule has 0 aliphatic heterocycles. The summed E-state index contributed by atoms with van der Waals surface area (Å²) in [6.45, 7) is 0.593. The van der Waals surface area contributed by atoms with Gasteiger partial charge >= 0.3 is 0 Å². The van der Waals surface area contributed by atoms with Crippen LogP contribution >= 0.6 is 0 Å². The summed E-state index contributed by atoms with van der Waals surface area (Å²) < 4.78 is 10.4. The Balaban J connectivity index is 1.89. The molecule has 22 heavy (non-hydrogen) atoms. The fraction of sp³-hybridized carbons (Fsp3) is 0.235. The Morgan fingerprint density at radius 2 is 1.77 bits per heavy atom. The topological polar surface area (TPSA) is 68.9 Å². The van der Waals surface area contributed by atoms with Gasteiger partial charge in [0.15, 0.2) is 5.96 Å². The summed E-state index contributed by atoms with van der Waals surface area (Å²) in [5, 5.41) is 3.05. The molecule has 0 spiro atoms. The van der Waals surface area contributed by atoms with Gasteiger partial charge in [0.2, 0.25) is 0 Å².